The largest absolute Gasteiger partial charge is 0.458 e. The molecule has 0 radical (unpaired) electrons. The van der Waals surface area contributed by atoms with E-state index < -0.39 is 5.60 Å². The average Bonchev–Trinajstić information content (AvgIpc) is 3.17. The number of carbonyl (C=O) groups excluding carboxylic acids is 2. The van der Waals surface area contributed by atoms with Crippen molar-refractivity contribution in [1.82, 2.24) is 10.3 Å². The Kier molecular flexibility index (Phi) is 4.45. The fraction of sp³-hybridized carbons (Fsp3) is 0.706. The number of thiazole rings is 1. The SMILES string of the molecule is Cc1nc(C(C)C)sc1CNC(=O)[C@@H]1CC(=O)OC12CCCC2. The Morgan fingerprint density at radius 2 is 2.13 bits per heavy atom. The predicted molar refractivity (Wildman–Crippen MR) is 88.2 cm³/mol. The zero-order valence-corrected chi connectivity index (χ0v) is 14.8. The molecule has 1 atom stereocenters. The number of carbonyl (C=O) groups is 2. The Labute approximate surface area is 140 Å². The third-order valence-electron chi connectivity index (χ3n) is 4.92. The molecule has 1 aliphatic carbocycles. The highest BCUT2D eigenvalue weighted by molar-refractivity contribution is 7.11. The number of hydrogen-bond acceptors (Lipinski definition) is 5. The zero-order chi connectivity index (χ0) is 16.6. The number of rotatable bonds is 4. The highest BCUT2D eigenvalue weighted by Crippen LogP contribution is 2.45. The molecule has 1 saturated heterocycles. The molecule has 2 aliphatic rings. The zero-order valence-electron chi connectivity index (χ0n) is 14.0. The Morgan fingerprint density at radius 3 is 2.74 bits per heavy atom. The summed E-state index contributed by atoms with van der Waals surface area (Å²) in [6.07, 6.45) is 3.90. The quantitative estimate of drug-likeness (QED) is 0.858. The summed E-state index contributed by atoms with van der Waals surface area (Å²) >= 11 is 1.65. The molecule has 6 heteroatoms. The molecule has 2 fully saturated rings. The molecule has 1 amide bonds. The number of hydrogen-bond donors (Lipinski definition) is 1. The van der Waals surface area contributed by atoms with Crippen LogP contribution in [0.3, 0.4) is 0 Å². The van der Waals surface area contributed by atoms with Gasteiger partial charge in [0.05, 0.1) is 29.6 Å². The monoisotopic (exact) mass is 336 g/mol. The summed E-state index contributed by atoms with van der Waals surface area (Å²) < 4.78 is 5.55. The third-order valence-corrected chi connectivity index (χ3v) is 6.37. The van der Waals surface area contributed by atoms with Gasteiger partial charge in [0, 0.05) is 10.8 Å². The Hall–Kier alpha value is -1.43. The van der Waals surface area contributed by atoms with E-state index in [0.717, 1.165) is 41.3 Å². The lowest BCUT2D eigenvalue weighted by molar-refractivity contribution is -0.149. The fourth-order valence-electron chi connectivity index (χ4n) is 3.60. The van der Waals surface area contributed by atoms with Crippen molar-refractivity contribution in [3.63, 3.8) is 0 Å². The van der Waals surface area contributed by atoms with Crippen molar-refractivity contribution in [1.29, 1.82) is 0 Å². The molecule has 1 N–H and O–H groups in total. The first-order chi connectivity index (χ1) is 10.9. The fourth-order valence-corrected chi connectivity index (χ4v) is 4.61. The maximum atomic E-state index is 12.6. The molecular weight excluding hydrogens is 312 g/mol. The molecule has 2 heterocycles. The normalized spacial score (nSPS) is 22.8. The third kappa shape index (κ3) is 3.13. The van der Waals surface area contributed by atoms with E-state index in [1.807, 2.05) is 6.92 Å². The first kappa shape index (κ1) is 16.4. The van der Waals surface area contributed by atoms with Crippen LogP contribution in [-0.2, 0) is 20.9 Å². The van der Waals surface area contributed by atoms with Crippen LogP contribution in [0.5, 0.6) is 0 Å². The van der Waals surface area contributed by atoms with Crippen LogP contribution < -0.4 is 5.32 Å². The van der Waals surface area contributed by atoms with Crippen molar-refractivity contribution < 1.29 is 14.3 Å². The van der Waals surface area contributed by atoms with Gasteiger partial charge in [-0.25, -0.2) is 4.98 Å². The molecule has 1 spiro atoms. The second-order valence-electron chi connectivity index (χ2n) is 6.94. The Balaban J connectivity index is 1.66. The van der Waals surface area contributed by atoms with Crippen LogP contribution in [0.25, 0.3) is 0 Å². The van der Waals surface area contributed by atoms with E-state index in [1.165, 1.54) is 0 Å². The summed E-state index contributed by atoms with van der Waals surface area (Å²) in [6, 6.07) is 0. The molecule has 3 rings (SSSR count). The molecule has 5 nitrogen and oxygen atoms in total. The molecule has 23 heavy (non-hydrogen) atoms. The van der Waals surface area contributed by atoms with E-state index in [2.05, 4.69) is 24.1 Å². The van der Waals surface area contributed by atoms with E-state index in [9.17, 15) is 9.59 Å². The minimum absolute atomic E-state index is 0.0587. The lowest BCUT2D eigenvalue weighted by Crippen LogP contribution is -2.42. The van der Waals surface area contributed by atoms with Gasteiger partial charge in [0.15, 0.2) is 0 Å². The van der Waals surface area contributed by atoms with Crippen LogP contribution in [0.4, 0.5) is 0 Å². The van der Waals surface area contributed by atoms with Gasteiger partial charge in [-0.15, -0.1) is 11.3 Å². The molecule has 126 valence electrons. The van der Waals surface area contributed by atoms with Gasteiger partial charge in [0.2, 0.25) is 5.91 Å². The van der Waals surface area contributed by atoms with Crippen molar-refractivity contribution in [2.24, 2.45) is 5.92 Å². The number of esters is 1. The number of aromatic nitrogens is 1. The van der Waals surface area contributed by atoms with Gasteiger partial charge in [0.1, 0.15) is 5.60 Å². The van der Waals surface area contributed by atoms with Crippen LogP contribution in [0.1, 0.15) is 67.4 Å². The first-order valence-electron chi connectivity index (χ1n) is 8.37. The molecule has 0 unspecified atom stereocenters. The van der Waals surface area contributed by atoms with E-state index in [0.29, 0.717) is 12.5 Å². The standard InChI is InChI=1S/C17H24N2O3S/c1-10(2)16-19-11(3)13(23-16)9-18-15(21)12-8-14(20)22-17(12)6-4-5-7-17/h10,12H,4-9H2,1-3H3,(H,18,21)/t12-/m0/s1. The molecule has 1 aromatic heterocycles. The van der Waals surface area contributed by atoms with Crippen LogP contribution in [0.2, 0.25) is 0 Å². The molecular formula is C17H24N2O3S. The summed E-state index contributed by atoms with van der Waals surface area (Å²) in [5.74, 6) is -0.235. The van der Waals surface area contributed by atoms with Gasteiger partial charge in [-0.3, -0.25) is 9.59 Å². The Bertz CT molecular complexity index is 617. The highest BCUT2D eigenvalue weighted by Gasteiger charge is 2.53. The van der Waals surface area contributed by atoms with Crippen molar-refractivity contribution in [2.45, 2.75) is 70.9 Å². The van der Waals surface area contributed by atoms with E-state index in [1.54, 1.807) is 11.3 Å². The van der Waals surface area contributed by atoms with Crippen LogP contribution in [-0.4, -0.2) is 22.5 Å². The molecule has 1 saturated carbocycles. The van der Waals surface area contributed by atoms with E-state index in [-0.39, 0.29) is 24.2 Å². The van der Waals surface area contributed by atoms with Crippen molar-refractivity contribution in [3.05, 3.63) is 15.6 Å². The summed E-state index contributed by atoms with van der Waals surface area (Å²) in [5.41, 5.74) is 0.445. The summed E-state index contributed by atoms with van der Waals surface area (Å²) in [4.78, 5) is 30.0. The minimum atomic E-state index is -0.535. The Morgan fingerprint density at radius 1 is 1.43 bits per heavy atom. The maximum absolute atomic E-state index is 12.6. The van der Waals surface area contributed by atoms with Gasteiger partial charge < -0.3 is 10.1 Å². The predicted octanol–water partition coefficient (Wildman–Crippen LogP) is 3.07. The topological polar surface area (TPSA) is 68.3 Å². The van der Waals surface area contributed by atoms with Gasteiger partial charge in [-0.2, -0.15) is 0 Å². The van der Waals surface area contributed by atoms with E-state index >= 15 is 0 Å². The second-order valence-corrected chi connectivity index (χ2v) is 8.05. The summed E-state index contributed by atoms with van der Waals surface area (Å²) in [7, 11) is 0. The second kappa shape index (κ2) is 6.23. The van der Waals surface area contributed by atoms with Crippen LogP contribution in [0.15, 0.2) is 0 Å². The molecule has 0 bridgehead atoms. The van der Waals surface area contributed by atoms with Gasteiger partial charge in [0.25, 0.3) is 0 Å². The van der Waals surface area contributed by atoms with Crippen molar-refractivity contribution >= 4 is 23.2 Å². The summed E-state index contributed by atoms with van der Waals surface area (Å²) in [6.45, 7) is 6.69. The number of amides is 1. The average molecular weight is 336 g/mol. The minimum Gasteiger partial charge on any atom is -0.458 e. The lowest BCUT2D eigenvalue weighted by atomic mass is 9.85. The number of aryl methyl sites for hydroxylation is 1. The summed E-state index contributed by atoms with van der Waals surface area (Å²) in [5, 5.41) is 4.10. The van der Waals surface area contributed by atoms with Crippen LogP contribution >= 0.6 is 11.3 Å². The van der Waals surface area contributed by atoms with E-state index in [4.69, 9.17) is 4.74 Å². The number of nitrogens with one attached hydrogen (secondary N) is 1. The van der Waals surface area contributed by atoms with Crippen LogP contribution in [0, 0.1) is 12.8 Å². The number of nitrogens with zero attached hydrogens (tertiary/aromatic N) is 1. The van der Waals surface area contributed by atoms with Gasteiger partial charge in [-0.1, -0.05) is 13.8 Å². The lowest BCUT2D eigenvalue weighted by Gasteiger charge is -2.27. The van der Waals surface area contributed by atoms with Crippen molar-refractivity contribution in [2.75, 3.05) is 0 Å². The molecule has 1 aromatic rings. The van der Waals surface area contributed by atoms with Gasteiger partial charge >= 0.3 is 5.97 Å². The number of ether oxygens (including phenoxy) is 1. The maximum Gasteiger partial charge on any atom is 0.307 e. The highest BCUT2D eigenvalue weighted by atomic mass is 32.1. The van der Waals surface area contributed by atoms with Gasteiger partial charge in [-0.05, 0) is 32.6 Å². The van der Waals surface area contributed by atoms with Crippen molar-refractivity contribution in [3.8, 4) is 0 Å². The molecule has 0 aromatic carbocycles. The smallest absolute Gasteiger partial charge is 0.307 e. The molecule has 1 aliphatic heterocycles. The first-order valence-corrected chi connectivity index (χ1v) is 9.19.